The molecule has 0 saturated carbocycles. The van der Waals surface area contributed by atoms with Gasteiger partial charge in [0.2, 0.25) is 0 Å². The van der Waals surface area contributed by atoms with Crippen LogP contribution in [-0.4, -0.2) is 9.78 Å². The fourth-order valence-corrected chi connectivity index (χ4v) is 3.00. The summed E-state index contributed by atoms with van der Waals surface area (Å²) in [4.78, 5) is 0. The van der Waals surface area contributed by atoms with E-state index in [0.29, 0.717) is 6.42 Å². The van der Waals surface area contributed by atoms with Crippen LogP contribution < -0.4 is 0 Å². The summed E-state index contributed by atoms with van der Waals surface area (Å²) in [6.07, 6.45) is 2.29. The molecule has 0 unspecified atom stereocenters. The number of hydrogen-bond donors (Lipinski definition) is 0. The van der Waals surface area contributed by atoms with E-state index in [9.17, 15) is 5.26 Å². The highest BCUT2D eigenvalue weighted by atomic mass is 15.3. The molecular formula is C21H15N3. The number of nitriles is 1. The second-order valence-electron chi connectivity index (χ2n) is 5.64. The van der Waals surface area contributed by atoms with Gasteiger partial charge in [0.25, 0.3) is 0 Å². The Bertz CT molecular complexity index is 1030. The van der Waals surface area contributed by atoms with Crippen molar-refractivity contribution in [2.24, 2.45) is 0 Å². The fourth-order valence-electron chi connectivity index (χ4n) is 3.00. The number of rotatable bonds is 3. The first-order chi connectivity index (χ1) is 11.9. The van der Waals surface area contributed by atoms with Crippen LogP contribution in [0.25, 0.3) is 27.7 Å². The fraction of sp³-hybridized carbons (Fsp3) is 0.0476. The Morgan fingerprint density at radius 2 is 1.62 bits per heavy atom. The molecule has 0 fully saturated rings. The van der Waals surface area contributed by atoms with Crippen molar-refractivity contribution < 1.29 is 0 Å². The zero-order valence-corrected chi connectivity index (χ0v) is 13.1. The number of aromatic nitrogens is 2. The van der Waals surface area contributed by atoms with E-state index in [1.54, 1.807) is 0 Å². The molecule has 0 radical (unpaired) electrons. The Balaban J connectivity index is 1.94. The minimum Gasteiger partial charge on any atom is -0.240 e. The molecule has 0 atom stereocenters. The highest BCUT2D eigenvalue weighted by Gasteiger charge is 2.14. The molecule has 3 heteroatoms. The average Bonchev–Trinajstić information content (AvgIpc) is 3.06. The van der Waals surface area contributed by atoms with Gasteiger partial charge in [-0.15, -0.1) is 0 Å². The largest absolute Gasteiger partial charge is 0.240 e. The van der Waals surface area contributed by atoms with E-state index in [2.05, 4.69) is 30.3 Å². The standard InChI is InChI=1S/C21H15N3/c22-14-13-17-15-24(18-9-2-1-3-10-18)23-21(17)20-12-6-8-16-7-4-5-11-19(16)20/h1-12,15H,13H2. The lowest BCUT2D eigenvalue weighted by Crippen LogP contribution is -1.94. The lowest BCUT2D eigenvalue weighted by molar-refractivity contribution is 0.884. The van der Waals surface area contributed by atoms with Crippen LogP contribution in [0.1, 0.15) is 5.56 Å². The molecule has 0 aliphatic heterocycles. The lowest BCUT2D eigenvalue weighted by atomic mass is 9.99. The van der Waals surface area contributed by atoms with E-state index in [4.69, 9.17) is 5.10 Å². The van der Waals surface area contributed by atoms with E-state index in [0.717, 1.165) is 27.9 Å². The van der Waals surface area contributed by atoms with Gasteiger partial charge in [0, 0.05) is 17.3 Å². The molecule has 1 aromatic heterocycles. The maximum atomic E-state index is 9.20. The SMILES string of the molecule is N#CCc1cn(-c2ccccc2)nc1-c1cccc2ccccc12. The van der Waals surface area contributed by atoms with Crippen LogP contribution in [0, 0.1) is 11.3 Å². The molecule has 0 bridgehead atoms. The lowest BCUT2D eigenvalue weighted by Gasteiger charge is -2.05. The number of nitrogens with zero attached hydrogens (tertiary/aromatic N) is 3. The van der Waals surface area contributed by atoms with Crippen LogP contribution in [-0.2, 0) is 6.42 Å². The monoisotopic (exact) mass is 309 g/mol. The quantitative estimate of drug-likeness (QED) is 0.547. The van der Waals surface area contributed by atoms with Gasteiger partial charge in [-0.3, -0.25) is 0 Å². The van der Waals surface area contributed by atoms with E-state index in [1.807, 2.05) is 59.4 Å². The summed E-state index contributed by atoms with van der Waals surface area (Å²) < 4.78 is 1.85. The second-order valence-corrected chi connectivity index (χ2v) is 5.64. The van der Waals surface area contributed by atoms with Gasteiger partial charge in [-0.1, -0.05) is 60.7 Å². The Kier molecular flexibility index (Phi) is 3.57. The van der Waals surface area contributed by atoms with Gasteiger partial charge in [-0.2, -0.15) is 10.4 Å². The first-order valence-electron chi connectivity index (χ1n) is 7.86. The number of benzene rings is 3. The summed E-state index contributed by atoms with van der Waals surface area (Å²) in [6, 6.07) is 26.7. The zero-order chi connectivity index (χ0) is 16.4. The van der Waals surface area contributed by atoms with Crippen molar-refractivity contribution in [3.05, 3.63) is 84.6 Å². The predicted molar refractivity (Wildman–Crippen MR) is 95.8 cm³/mol. The minimum atomic E-state index is 0.339. The molecule has 0 aliphatic rings. The van der Waals surface area contributed by atoms with Crippen molar-refractivity contribution in [2.75, 3.05) is 0 Å². The highest BCUT2D eigenvalue weighted by molar-refractivity contribution is 5.96. The van der Waals surface area contributed by atoms with Crippen LogP contribution in [0.15, 0.2) is 79.0 Å². The van der Waals surface area contributed by atoms with Gasteiger partial charge >= 0.3 is 0 Å². The molecular weight excluding hydrogens is 294 g/mol. The summed E-state index contributed by atoms with van der Waals surface area (Å²) >= 11 is 0. The van der Waals surface area contributed by atoms with Crippen molar-refractivity contribution in [3.63, 3.8) is 0 Å². The molecule has 0 spiro atoms. The van der Waals surface area contributed by atoms with Crippen molar-refractivity contribution in [3.8, 4) is 23.0 Å². The Labute approximate surface area is 140 Å². The number of para-hydroxylation sites is 1. The molecule has 24 heavy (non-hydrogen) atoms. The molecule has 114 valence electrons. The van der Waals surface area contributed by atoms with Crippen molar-refractivity contribution in [1.29, 1.82) is 5.26 Å². The maximum absolute atomic E-state index is 9.20. The number of fused-ring (bicyclic) bond motifs is 1. The molecule has 0 amide bonds. The summed E-state index contributed by atoms with van der Waals surface area (Å²) in [5.74, 6) is 0. The van der Waals surface area contributed by atoms with E-state index in [-0.39, 0.29) is 0 Å². The molecule has 1 heterocycles. The summed E-state index contributed by atoms with van der Waals surface area (Å²) in [7, 11) is 0. The summed E-state index contributed by atoms with van der Waals surface area (Å²) in [6.45, 7) is 0. The van der Waals surface area contributed by atoms with Gasteiger partial charge in [0.05, 0.1) is 23.9 Å². The zero-order valence-electron chi connectivity index (χ0n) is 13.1. The molecule has 4 aromatic rings. The molecule has 4 rings (SSSR count). The Hall–Kier alpha value is -3.38. The molecule has 0 N–H and O–H groups in total. The number of hydrogen-bond acceptors (Lipinski definition) is 2. The second kappa shape index (κ2) is 6.02. The maximum Gasteiger partial charge on any atom is 0.0976 e. The van der Waals surface area contributed by atoms with E-state index < -0.39 is 0 Å². The van der Waals surface area contributed by atoms with Gasteiger partial charge < -0.3 is 0 Å². The van der Waals surface area contributed by atoms with Crippen LogP contribution in [0.4, 0.5) is 0 Å². The normalized spacial score (nSPS) is 10.6. The first kappa shape index (κ1) is 14.2. The smallest absolute Gasteiger partial charge is 0.0976 e. The van der Waals surface area contributed by atoms with Crippen LogP contribution in [0.3, 0.4) is 0 Å². The van der Waals surface area contributed by atoms with Gasteiger partial charge in [-0.05, 0) is 22.9 Å². The van der Waals surface area contributed by atoms with Crippen molar-refractivity contribution in [2.45, 2.75) is 6.42 Å². The van der Waals surface area contributed by atoms with Crippen LogP contribution in [0.2, 0.25) is 0 Å². The van der Waals surface area contributed by atoms with Crippen molar-refractivity contribution >= 4 is 10.8 Å². The van der Waals surface area contributed by atoms with Crippen molar-refractivity contribution in [1.82, 2.24) is 9.78 Å². The topological polar surface area (TPSA) is 41.6 Å². The molecule has 0 saturated heterocycles. The Morgan fingerprint density at radius 1 is 0.875 bits per heavy atom. The van der Waals surface area contributed by atoms with Crippen LogP contribution in [0.5, 0.6) is 0 Å². The highest BCUT2D eigenvalue weighted by Crippen LogP contribution is 2.30. The minimum absolute atomic E-state index is 0.339. The third kappa shape index (κ3) is 2.45. The predicted octanol–water partition coefficient (Wildman–Crippen LogP) is 4.76. The summed E-state index contributed by atoms with van der Waals surface area (Å²) in [5.41, 5.74) is 3.87. The molecule has 3 aromatic carbocycles. The van der Waals surface area contributed by atoms with Gasteiger partial charge in [-0.25, -0.2) is 4.68 Å². The van der Waals surface area contributed by atoms with E-state index >= 15 is 0 Å². The van der Waals surface area contributed by atoms with E-state index in [1.165, 1.54) is 5.39 Å². The van der Waals surface area contributed by atoms with Crippen LogP contribution >= 0.6 is 0 Å². The third-order valence-electron chi connectivity index (χ3n) is 4.13. The van der Waals surface area contributed by atoms with Gasteiger partial charge in [0.15, 0.2) is 0 Å². The first-order valence-corrected chi connectivity index (χ1v) is 7.86. The third-order valence-corrected chi connectivity index (χ3v) is 4.13. The Morgan fingerprint density at radius 3 is 2.46 bits per heavy atom. The molecule has 3 nitrogen and oxygen atoms in total. The van der Waals surface area contributed by atoms with Gasteiger partial charge in [0.1, 0.15) is 0 Å². The average molecular weight is 309 g/mol. The molecule has 0 aliphatic carbocycles. The summed E-state index contributed by atoms with van der Waals surface area (Å²) in [5, 5.41) is 16.3.